The third-order valence-corrected chi connectivity index (χ3v) is 3.55. The lowest BCUT2D eigenvalue weighted by atomic mass is 10.2. The van der Waals surface area contributed by atoms with Crippen molar-refractivity contribution in [2.45, 2.75) is 26.7 Å². The van der Waals surface area contributed by atoms with E-state index in [1.165, 1.54) is 4.90 Å². The molecular formula is C15H19N3O3. The van der Waals surface area contributed by atoms with E-state index in [4.69, 9.17) is 5.11 Å². The van der Waals surface area contributed by atoms with Gasteiger partial charge in [0, 0.05) is 19.8 Å². The molecule has 2 aromatic heterocycles. The Morgan fingerprint density at radius 1 is 1.38 bits per heavy atom. The van der Waals surface area contributed by atoms with E-state index in [0.29, 0.717) is 0 Å². The lowest BCUT2D eigenvalue weighted by Gasteiger charge is -2.16. The first-order chi connectivity index (χ1) is 9.90. The number of aliphatic carboxylic acids is 1. The number of amides is 1. The van der Waals surface area contributed by atoms with Crippen LogP contribution < -0.4 is 0 Å². The summed E-state index contributed by atoms with van der Waals surface area (Å²) in [5.41, 5.74) is 3.58. The first-order valence-corrected chi connectivity index (χ1v) is 6.79. The van der Waals surface area contributed by atoms with Crippen LogP contribution in [0.3, 0.4) is 0 Å². The third-order valence-electron chi connectivity index (χ3n) is 3.55. The Balaban J connectivity index is 2.20. The zero-order valence-electron chi connectivity index (χ0n) is 12.5. The average molecular weight is 289 g/mol. The van der Waals surface area contributed by atoms with Crippen molar-refractivity contribution in [3.8, 4) is 0 Å². The van der Waals surface area contributed by atoms with Crippen LogP contribution in [-0.4, -0.2) is 44.9 Å². The number of likely N-dealkylation sites (N-methyl/N-ethyl adjacent to an activating group) is 1. The summed E-state index contributed by atoms with van der Waals surface area (Å²) in [5.74, 6) is -1.01. The van der Waals surface area contributed by atoms with E-state index in [0.717, 1.165) is 22.6 Å². The molecule has 0 spiro atoms. The molecule has 0 atom stereocenters. The quantitative estimate of drug-likeness (QED) is 0.903. The normalized spacial score (nSPS) is 10.8. The second-order valence-electron chi connectivity index (χ2n) is 5.16. The van der Waals surface area contributed by atoms with E-state index >= 15 is 0 Å². The highest BCUT2D eigenvalue weighted by Gasteiger charge is 2.16. The first-order valence-electron chi connectivity index (χ1n) is 6.79. The zero-order valence-corrected chi connectivity index (χ0v) is 12.5. The van der Waals surface area contributed by atoms with Gasteiger partial charge in [0.25, 0.3) is 0 Å². The van der Waals surface area contributed by atoms with Gasteiger partial charge < -0.3 is 14.4 Å². The molecule has 0 aliphatic carbocycles. The van der Waals surface area contributed by atoms with Gasteiger partial charge >= 0.3 is 5.97 Å². The van der Waals surface area contributed by atoms with Gasteiger partial charge in [0.2, 0.25) is 5.91 Å². The standard InChI is InChI=1S/C15H19N3O3/c1-10-5-4-7-18-12(11(2)16-15(10)18)9-13(19)17(3)8-6-14(20)21/h4-5,7H,6,8-9H2,1-3H3,(H,20,21). The number of carboxylic acid groups (broad SMARTS) is 1. The van der Waals surface area contributed by atoms with Gasteiger partial charge in [0.1, 0.15) is 5.65 Å². The van der Waals surface area contributed by atoms with Gasteiger partial charge in [-0.15, -0.1) is 0 Å². The summed E-state index contributed by atoms with van der Waals surface area (Å²) in [5, 5.41) is 8.66. The highest BCUT2D eigenvalue weighted by Crippen LogP contribution is 2.16. The smallest absolute Gasteiger partial charge is 0.305 e. The maximum absolute atomic E-state index is 12.2. The van der Waals surface area contributed by atoms with Gasteiger partial charge in [-0.3, -0.25) is 9.59 Å². The molecule has 0 aromatic carbocycles. The molecule has 2 aromatic rings. The number of aryl methyl sites for hydroxylation is 2. The summed E-state index contributed by atoms with van der Waals surface area (Å²) in [6.45, 7) is 4.07. The number of nitrogens with zero attached hydrogens (tertiary/aromatic N) is 3. The van der Waals surface area contributed by atoms with Crippen LogP contribution in [0.2, 0.25) is 0 Å². The number of imidazole rings is 1. The van der Waals surface area contributed by atoms with Crippen molar-refractivity contribution >= 4 is 17.5 Å². The molecule has 2 rings (SSSR count). The van der Waals surface area contributed by atoms with Crippen molar-refractivity contribution in [1.82, 2.24) is 14.3 Å². The number of fused-ring (bicyclic) bond motifs is 1. The van der Waals surface area contributed by atoms with Crippen LogP contribution in [0.25, 0.3) is 5.65 Å². The number of carbonyl (C=O) groups is 2. The fourth-order valence-electron chi connectivity index (χ4n) is 2.25. The van der Waals surface area contributed by atoms with Gasteiger partial charge in [-0.25, -0.2) is 4.98 Å². The molecule has 1 amide bonds. The molecule has 2 heterocycles. The van der Waals surface area contributed by atoms with Crippen molar-refractivity contribution in [1.29, 1.82) is 0 Å². The minimum Gasteiger partial charge on any atom is -0.481 e. The monoisotopic (exact) mass is 289 g/mol. The van der Waals surface area contributed by atoms with Crippen molar-refractivity contribution in [3.05, 3.63) is 35.3 Å². The van der Waals surface area contributed by atoms with E-state index in [2.05, 4.69) is 4.98 Å². The van der Waals surface area contributed by atoms with Gasteiger partial charge in [-0.05, 0) is 25.5 Å². The number of hydrogen-bond donors (Lipinski definition) is 1. The van der Waals surface area contributed by atoms with E-state index in [1.54, 1.807) is 7.05 Å². The molecule has 0 aliphatic heterocycles. The summed E-state index contributed by atoms with van der Waals surface area (Å²) in [4.78, 5) is 28.7. The summed E-state index contributed by atoms with van der Waals surface area (Å²) >= 11 is 0. The van der Waals surface area contributed by atoms with Crippen LogP contribution in [0.4, 0.5) is 0 Å². The van der Waals surface area contributed by atoms with E-state index in [1.807, 2.05) is 36.6 Å². The first kappa shape index (κ1) is 15.0. The molecule has 0 unspecified atom stereocenters. The number of pyridine rings is 1. The average Bonchev–Trinajstić information content (AvgIpc) is 2.74. The molecule has 1 N–H and O–H groups in total. The van der Waals surface area contributed by atoms with Crippen molar-refractivity contribution in [2.24, 2.45) is 0 Å². The third kappa shape index (κ3) is 3.21. The predicted molar refractivity (Wildman–Crippen MR) is 78.3 cm³/mol. The molecule has 0 fully saturated rings. The molecule has 0 saturated heterocycles. The molecule has 0 bridgehead atoms. The Morgan fingerprint density at radius 3 is 2.76 bits per heavy atom. The highest BCUT2D eigenvalue weighted by molar-refractivity contribution is 5.79. The second-order valence-corrected chi connectivity index (χ2v) is 5.16. The molecular weight excluding hydrogens is 270 g/mol. The summed E-state index contributed by atoms with van der Waals surface area (Å²) in [6.07, 6.45) is 2.06. The second kappa shape index (κ2) is 5.95. The molecule has 6 heteroatoms. The molecule has 21 heavy (non-hydrogen) atoms. The summed E-state index contributed by atoms with van der Waals surface area (Å²) < 4.78 is 1.92. The fourth-order valence-corrected chi connectivity index (χ4v) is 2.25. The van der Waals surface area contributed by atoms with Crippen LogP contribution in [0, 0.1) is 13.8 Å². The minimum absolute atomic E-state index is 0.0481. The lowest BCUT2D eigenvalue weighted by molar-refractivity contribution is -0.138. The van der Waals surface area contributed by atoms with Crippen molar-refractivity contribution < 1.29 is 14.7 Å². The fraction of sp³-hybridized carbons (Fsp3) is 0.400. The van der Waals surface area contributed by atoms with Crippen LogP contribution in [0.1, 0.15) is 23.4 Å². The SMILES string of the molecule is Cc1nc2c(C)cccn2c1CC(=O)N(C)CCC(=O)O. The number of carbonyl (C=O) groups excluding carboxylic acids is 1. The summed E-state index contributed by atoms with van der Waals surface area (Å²) in [6, 6.07) is 3.90. The number of hydrogen-bond acceptors (Lipinski definition) is 3. The highest BCUT2D eigenvalue weighted by atomic mass is 16.4. The summed E-state index contributed by atoms with van der Waals surface area (Å²) in [7, 11) is 1.62. The van der Waals surface area contributed by atoms with Crippen LogP contribution in [0.15, 0.2) is 18.3 Å². The van der Waals surface area contributed by atoms with E-state index in [-0.39, 0.29) is 25.3 Å². The van der Waals surface area contributed by atoms with Crippen molar-refractivity contribution in [2.75, 3.05) is 13.6 Å². The molecule has 112 valence electrons. The van der Waals surface area contributed by atoms with Gasteiger partial charge in [-0.2, -0.15) is 0 Å². The van der Waals surface area contributed by atoms with Crippen LogP contribution in [-0.2, 0) is 16.0 Å². The lowest BCUT2D eigenvalue weighted by Crippen LogP contribution is -2.30. The Morgan fingerprint density at radius 2 is 2.10 bits per heavy atom. The molecule has 0 aliphatic rings. The Hall–Kier alpha value is -2.37. The molecule has 0 radical (unpaired) electrons. The maximum Gasteiger partial charge on any atom is 0.305 e. The number of rotatable bonds is 5. The topological polar surface area (TPSA) is 74.9 Å². The Bertz CT molecular complexity index is 691. The van der Waals surface area contributed by atoms with Gasteiger partial charge in [-0.1, -0.05) is 6.07 Å². The maximum atomic E-state index is 12.2. The van der Waals surface area contributed by atoms with Crippen LogP contribution in [0.5, 0.6) is 0 Å². The van der Waals surface area contributed by atoms with E-state index in [9.17, 15) is 9.59 Å². The number of carboxylic acids is 1. The van der Waals surface area contributed by atoms with Crippen molar-refractivity contribution in [3.63, 3.8) is 0 Å². The van der Waals surface area contributed by atoms with Gasteiger partial charge in [0.05, 0.1) is 24.2 Å². The largest absolute Gasteiger partial charge is 0.481 e. The zero-order chi connectivity index (χ0) is 15.6. The van der Waals surface area contributed by atoms with E-state index < -0.39 is 5.97 Å². The van der Waals surface area contributed by atoms with Crippen LogP contribution >= 0.6 is 0 Å². The predicted octanol–water partition coefficient (Wildman–Crippen LogP) is 1.43. The Labute approximate surface area is 123 Å². The molecule has 6 nitrogen and oxygen atoms in total. The minimum atomic E-state index is -0.906. The molecule has 0 saturated carbocycles. The number of aromatic nitrogens is 2. The Kier molecular flexibility index (Phi) is 4.26. The van der Waals surface area contributed by atoms with Gasteiger partial charge in [0.15, 0.2) is 0 Å².